The molecule has 0 atom stereocenters. The van der Waals surface area contributed by atoms with E-state index in [0.717, 1.165) is 22.5 Å². The Morgan fingerprint density at radius 1 is 1.14 bits per heavy atom. The number of aryl methyl sites for hydroxylation is 1. The minimum absolute atomic E-state index is 0.0590. The number of carbonyl (C=O) groups is 1. The monoisotopic (exact) mass is 403 g/mol. The molecular weight excluding hydrogens is 374 g/mol. The summed E-state index contributed by atoms with van der Waals surface area (Å²) in [5.41, 5.74) is 3.88. The maximum Gasteiger partial charge on any atom is 0.253 e. The zero-order valence-electron chi connectivity index (χ0n) is 16.6. The normalized spacial score (nSPS) is 15.5. The molecule has 1 amide bonds. The molecule has 0 radical (unpaired) electrons. The van der Waals surface area contributed by atoms with Gasteiger partial charge in [-0.25, -0.2) is 13.6 Å². The SMILES string of the molecule is Cc1cc(C(=O)NCCc2ccc(S(N)(=O)=O)cc2)c(C)n1C1CCCCC1. The summed E-state index contributed by atoms with van der Waals surface area (Å²) in [6, 6.07) is 8.92. The molecule has 0 bridgehead atoms. The van der Waals surface area contributed by atoms with Crippen LogP contribution in [0.15, 0.2) is 35.2 Å². The average Bonchev–Trinajstić information content (AvgIpc) is 2.96. The maximum absolute atomic E-state index is 12.7. The number of aromatic nitrogens is 1. The Hall–Kier alpha value is -2.12. The first-order valence-corrected chi connectivity index (χ1v) is 11.4. The molecule has 1 saturated carbocycles. The van der Waals surface area contributed by atoms with Crippen LogP contribution in [0.4, 0.5) is 0 Å². The molecule has 6 nitrogen and oxygen atoms in total. The lowest BCUT2D eigenvalue weighted by molar-refractivity contribution is 0.0953. The highest BCUT2D eigenvalue weighted by Crippen LogP contribution is 2.32. The van der Waals surface area contributed by atoms with Gasteiger partial charge in [0.2, 0.25) is 10.0 Å². The fourth-order valence-electron chi connectivity index (χ4n) is 4.17. The first-order chi connectivity index (χ1) is 13.3. The number of carbonyl (C=O) groups excluding carboxylic acids is 1. The number of rotatable bonds is 6. The van der Waals surface area contributed by atoms with Gasteiger partial charge in [0.05, 0.1) is 10.5 Å². The van der Waals surface area contributed by atoms with Gasteiger partial charge in [0.25, 0.3) is 5.91 Å². The van der Waals surface area contributed by atoms with Crippen LogP contribution in [0, 0.1) is 13.8 Å². The van der Waals surface area contributed by atoms with Gasteiger partial charge in [-0.05, 0) is 56.9 Å². The van der Waals surface area contributed by atoms with E-state index in [4.69, 9.17) is 5.14 Å². The Bertz CT molecular complexity index is 940. The van der Waals surface area contributed by atoms with Crippen molar-refractivity contribution < 1.29 is 13.2 Å². The molecule has 0 aliphatic heterocycles. The lowest BCUT2D eigenvalue weighted by Gasteiger charge is -2.26. The molecule has 7 heteroatoms. The van der Waals surface area contributed by atoms with Crippen LogP contribution in [0.25, 0.3) is 0 Å². The first-order valence-electron chi connectivity index (χ1n) is 9.86. The highest BCUT2D eigenvalue weighted by atomic mass is 32.2. The number of nitrogens with two attached hydrogens (primary N) is 1. The van der Waals surface area contributed by atoms with Gasteiger partial charge < -0.3 is 9.88 Å². The molecule has 0 spiro atoms. The Kier molecular flexibility index (Phi) is 6.25. The van der Waals surface area contributed by atoms with Crippen LogP contribution in [0.3, 0.4) is 0 Å². The minimum Gasteiger partial charge on any atom is -0.352 e. The van der Waals surface area contributed by atoms with Crippen LogP contribution in [0.1, 0.15) is 65.5 Å². The van der Waals surface area contributed by atoms with Crippen molar-refractivity contribution in [1.29, 1.82) is 0 Å². The van der Waals surface area contributed by atoms with Gasteiger partial charge in [0.15, 0.2) is 0 Å². The van der Waals surface area contributed by atoms with Crippen LogP contribution in [-0.2, 0) is 16.4 Å². The molecule has 1 aliphatic carbocycles. The van der Waals surface area contributed by atoms with Crippen molar-refractivity contribution in [2.75, 3.05) is 6.54 Å². The van der Waals surface area contributed by atoms with Crippen LogP contribution in [0.2, 0.25) is 0 Å². The van der Waals surface area contributed by atoms with E-state index >= 15 is 0 Å². The molecule has 0 unspecified atom stereocenters. The van der Waals surface area contributed by atoms with E-state index in [1.165, 1.54) is 44.2 Å². The average molecular weight is 404 g/mol. The fraction of sp³-hybridized carbons (Fsp3) is 0.476. The van der Waals surface area contributed by atoms with Gasteiger partial charge in [-0.1, -0.05) is 31.4 Å². The standard InChI is InChI=1S/C21H29N3O3S/c1-15-14-20(16(2)24(15)18-6-4-3-5-7-18)21(25)23-13-12-17-8-10-19(11-9-17)28(22,26)27/h8-11,14,18H,3-7,12-13H2,1-2H3,(H,23,25)(H2,22,26,27). The Labute approximate surface area is 167 Å². The van der Waals surface area contributed by atoms with E-state index in [-0.39, 0.29) is 10.8 Å². The van der Waals surface area contributed by atoms with E-state index in [0.29, 0.717) is 19.0 Å². The molecular formula is C21H29N3O3S. The molecule has 3 N–H and O–H groups in total. The van der Waals surface area contributed by atoms with Crippen LogP contribution >= 0.6 is 0 Å². The van der Waals surface area contributed by atoms with Crippen molar-refractivity contribution in [3.63, 3.8) is 0 Å². The number of benzene rings is 1. The Morgan fingerprint density at radius 3 is 2.39 bits per heavy atom. The van der Waals surface area contributed by atoms with Crippen molar-refractivity contribution in [2.45, 2.75) is 63.3 Å². The lowest BCUT2D eigenvalue weighted by Crippen LogP contribution is -2.26. The molecule has 152 valence electrons. The topological polar surface area (TPSA) is 94.2 Å². The number of amides is 1. The lowest BCUT2D eigenvalue weighted by atomic mass is 9.95. The molecule has 1 aromatic carbocycles. The predicted molar refractivity (Wildman–Crippen MR) is 110 cm³/mol. The molecule has 2 aromatic rings. The number of primary sulfonamides is 1. The van der Waals surface area contributed by atoms with Gasteiger partial charge in [0.1, 0.15) is 0 Å². The third-order valence-corrected chi connectivity index (χ3v) is 6.55. The van der Waals surface area contributed by atoms with Gasteiger partial charge >= 0.3 is 0 Å². The predicted octanol–water partition coefficient (Wildman–Crippen LogP) is 3.23. The summed E-state index contributed by atoms with van der Waals surface area (Å²) >= 11 is 0. The zero-order chi connectivity index (χ0) is 20.3. The van der Waals surface area contributed by atoms with Crippen molar-refractivity contribution in [3.05, 3.63) is 52.8 Å². The second-order valence-electron chi connectivity index (χ2n) is 7.64. The quantitative estimate of drug-likeness (QED) is 0.775. The number of nitrogens with zero attached hydrogens (tertiary/aromatic N) is 1. The van der Waals surface area contributed by atoms with Crippen molar-refractivity contribution in [2.24, 2.45) is 5.14 Å². The summed E-state index contributed by atoms with van der Waals surface area (Å²) in [6.07, 6.45) is 6.82. The number of hydrogen-bond acceptors (Lipinski definition) is 3. The number of sulfonamides is 1. The molecule has 3 rings (SSSR count). The van der Waals surface area contributed by atoms with Crippen LogP contribution in [0.5, 0.6) is 0 Å². The third-order valence-electron chi connectivity index (χ3n) is 5.62. The first kappa shape index (κ1) is 20.6. The molecule has 1 heterocycles. The summed E-state index contributed by atoms with van der Waals surface area (Å²) in [6.45, 7) is 4.59. The van der Waals surface area contributed by atoms with Gasteiger partial charge in [-0.2, -0.15) is 0 Å². The summed E-state index contributed by atoms with van der Waals surface area (Å²) in [5.74, 6) is -0.0590. The van der Waals surface area contributed by atoms with E-state index in [2.05, 4.69) is 16.8 Å². The second kappa shape index (κ2) is 8.49. The molecule has 1 aromatic heterocycles. The van der Waals surface area contributed by atoms with Gasteiger partial charge in [-0.15, -0.1) is 0 Å². The van der Waals surface area contributed by atoms with Gasteiger partial charge in [0, 0.05) is 24.0 Å². The van der Waals surface area contributed by atoms with E-state index in [9.17, 15) is 13.2 Å². The fourth-order valence-corrected chi connectivity index (χ4v) is 4.68. The smallest absolute Gasteiger partial charge is 0.253 e. The molecule has 28 heavy (non-hydrogen) atoms. The summed E-state index contributed by atoms with van der Waals surface area (Å²) in [7, 11) is -3.68. The third kappa shape index (κ3) is 4.64. The summed E-state index contributed by atoms with van der Waals surface area (Å²) < 4.78 is 24.9. The molecule has 0 saturated heterocycles. The Morgan fingerprint density at radius 2 is 1.79 bits per heavy atom. The zero-order valence-corrected chi connectivity index (χ0v) is 17.4. The van der Waals surface area contributed by atoms with E-state index in [1.807, 2.05) is 13.0 Å². The Balaban J connectivity index is 1.61. The van der Waals surface area contributed by atoms with Gasteiger partial charge in [-0.3, -0.25) is 4.79 Å². The maximum atomic E-state index is 12.7. The van der Waals surface area contributed by atoms with Crippen molar-refractivity contribution in [1.82, 2.24) is 9.88 Å². The molecule has 1 fully saturated rings. The van der Waals surface area contributed by atoms with E-state index < -0.39 is 10.0 Å². The van der Waals surface area contributed by atoms with Crippen LogP contribution in [-0.4, -0.2) is 25.4 Å². The van der Waals surface area contributed by atoms with Crippen molar-refractivity contribution >= 4 is 15.9 Å². The number of hydrogen-bond donors (Lipinski definition) is 2. The van der Waals surface area contributed by atoms with Crippen LogP contribution < -0.4 is 10.5 Å². The highest BCUT2D eigenvalue weighted by molar-refractivity contribution is 7.89. The molecule has 1 aliphatic rings. The largest absolute Gasteiger partial charge is 0.352 e. The minimum atomic E-state index is -3.68. The van der Waals surface area contributed by atoms with Crippen molar-refractivity contribution in [3.8, 4) is 0 Å². The summed E-state index contributed by atoms with van der Waals surface area (Å²) in [5, 5.41) is 8.09. The second-order valence-corrected chi connectivity index (χ2v) is 9.20. The number of nitrogens with one attached hydrogen (secondary N) is 1. The van der Waals surface area contributed by atoms with E-state index in [1.54, 1.807) is 12.1 Å². The summed E-state index contributed by atoms with van der Waals surface area (Å²) in [4.78, 5) is 12.8. The highest BCUT2D eigenvalue weighted by Gasteiger charge is 2.22.